The maximum absolute atomic E-state index is 12.8. The Kier molecular flexibility index (Phi) is 8.18. The number of allylic oxidation sites excluding steroid dienone is 2. The number of sulfonamides is 1. The Morgan fingerprint density at radius 1 is 1.06 bits per heavy atom. The number of aliphatic imine (C=N–C) groups is 1. The molecule has 0 spiro atoms. The number of hydrogen-bond acceptors (Lipinski definition) is 7. The standard InChI is InChI=1S/C23H27BN4O4S/c1-4-14-25-33(29,30)21-10-6-5-9-18(21)27-23-17(24)8-7-11-22(28-23)26-19-15-16(31-2)12-13-20(19)32-3/h5-10,12-13,15,25,27H,4,11,14H2,1-3H3,(H,26,28). The number of hydrogen-bond donors (Lipinski definition) is 3. The van der Waals surface area contributed by atoms with Gasteiger partial charge in [0.1, 0.15) is 35.9 Å². The van der Waals surface area contributed by atoms with Gasteiger partial charge in [0.05, 0.1) is 25.6 Å². The molecule has 172 valence electrons. The number of benzene rings is 2. The van der Waals surface area contributed by atoms with Crippen LogP contribution in [-0.2, 0) is 10.0 Å². The SMILES string of the molecule is [B]C1=C(Nc2ccccc2S(=O)(=O)NCCC)N=C(Nc2cc(OC)ccc2OC)CC=C1. The molecule has 3 N–H and O–H groups in total. The first-order valence-corrected chi connectivity index (χ1v) is 11.9. The fourth-order valence-electron chi connectivity index (χ4n) is 3.11. The fourth-order valence-corrected chi connectivity index (χ4v) is 4.41. The van der Waals surface area contributed by atoms with Crippen molar-refractivity contribution in [2.45, 2.75) is 24.7 Å². The van der Waals surface area contributed by atoms with Crippen molar-refractivity contribution in [2.75, 3.05) is 31.4 Å². The first-order valence-electron chi connectivity index (χ1n) is 10.5. The van der Waals surface area contributed by atoms with E-state index in [0.717, 1.165) is 0 Å². The van der Waals surface area contributed by atoms with Crippen LogP contribution in [0.15, 0.2) is 75.8 Å². The lowest BCUT2D eigenvalue weighted by molar-refractivity contribution is 0.405. The molecule has 0 bridgehead atoms. The maximum Gasteiger partial charge on any atom is 0.242 e. The van der Waals surface area contributed by atoms with Crippen LogP contribution in [0, 0.1) is 0 Å². The topological polar surface area (TPSA) is 101 Å². The van der Waals surface area contributed by atoms with E-state index in [-0.39, 0.29) is 4.90 Å². The third kappa shape index (κ3) is 6.18. The van der Waals surface area contributed by atoms with Crippen molar-refractivity contribution in [3.05, 3.63) is 65.9 Å². The van der Waals surface area contributed by atoms with Crippen molar-refractivity contribution in [3.8, 4) is 11.5 Å². The number of para-hydroxylation sites is 1. The van der Waals surface area contributed by atoms with Crippen molar-refractivity contribution in [3.63, 3.8) is 0 Å². The van der Waals surface area contributed by atoms with Gasteiger partial charge in [-0.15, -0.1) is 0 Å². The van der Waals surface area contributed by atoms with E-state index in [4.69, 9.17) is 17.3 Å². The summed E-state index contributed by atoms with van der Waals surface area (Å²) in [6.45, 7) is 2.25. The van der Waals surface area contributed by atoms with E-state index in [0.29, 0.717) is 59.4 Å². The number of amidine groups is 1. The Labute approximate surface area is 196 Å². The van der Waals surface area contributed by atoms with Gasteiger partial charge in [0.2, 0.25) is 10.0 Å². The number of anilines is 2. The van der Waals surface area contributed by atoms with Crippen LogP contribution in [0.2, 0.25) is 0 Å². The maximum atomic E-state index is 12.8. The first-order chi connectivity index (χ1) is 15.9. The van der Waals surface area contributed by atoms with Crippen LogP contribution in [-0.4, -0.2) is 42.9 Å². The number of nitrogens with zero attached hydrogens (tertiary/aromatic N) is 1. The van der Waals surface area contributed by atoms with Crippen molar-refractivity contribution >= 4 is 35.1 Å². The minimum Gasteiger partial charge on any atom is -0.497 e. The van der Waals surface area contributed by atoms with E-state index in [2.05, 4.69) is 20.3 Å². The Balaban J connectivity index is 1.93. The van der Waals surface area contributed by atoms with Crippen LogP contribution in [0.1, 0.15) is 19.8 Å². The third-order valence-corrected chi connectivity index (χ3v) is 6.31. The lowest BCUT2D eigenvalue weighted by atomic mass is 9.95. The van der Waals surface area contributed by atoms with Gasteiger partial charge >= 0.3 is 0 Å². The van der Waals surface area contributed by atoms with Crippen LogP contribution in [0.4, 0.5) is 11.4 Å². The molecular formula is C23H27BN4O4S. The molecule has 0 atom stereocenters. The molecule has 3 rings (SSSR count). The number of methoxy groups -OCH3 is 2. The molecular weight excluding hydrogens is 439 g/mol. The second-order valence-electron chi connectivity index (χ2n) is 7.18. The molecule has 0 fully saturated rings. The molecule has 8 nitrogen and oxygen atoms in total. The molecule has 0 aliphatic carbocycles. The molecule has 0 saturated carbocycles. The van der Waals surface area contributed by atoms with Gasteiger partial charge in [-0.2, -0.15) is 0 Å². The van der Waals surface area contributed by atoms with Crippen LogP contribution >= 0.6 is 0 Å². The Bertz CT molecular complexity index is 1190. The van der Waals surface area contributed by atoms with Crippen molar-refractivity contribution in [2.24, 2.45) is 4.99 Å². The highest BCUT2D eigenvalue weighted by atomic mass is 32.2. The minimum absolute atomic E-state index is 0.117. The third-order valence-electron chi connectivity index (χ3n) is 4.79. The molecule has 0 unspecified atom stereocenters. The molecule has 2 aromatic carbocycles. The summed E-state index contributed by atoms with van der Waals surface area (Å²) in [6, 6.07) is 12.0. The predicted molar refractivity (Wildman–Crippen MR) is 133 cm³/mol. The van der Waals surface area contributed by atoms with Gasteiger partial charge in [0, 0.05) is 19.0 Å². The highest BCUT2D eigenvalue weighted by Gasteiger charge is 2.19. The zero-order chi connectivity index (χ0) is 23.8. The molecule has 1 heterocycles. The largest absolute Gasteiger partial charge is 0.497 e. The average molecular weight is 466 g/mol. The molecule has 0 aromatic heterocycles. The lowest BCUT2D eigenvalue weighted by Crippen LogP contribution is -2.25. The van der Waals surface area contributed by atoms with Crippen molar-refractivity contribution in [1.82, 2.24) is 4.72 Å². The van der Waals surface area contributed by atoms with Crippen LogP contribution in [0.3, 0.4) is 0 Å². The van der Waals surface area contributed by atoms with Gasteiger partial charge in [0.25, 0.3) is 0 Å². The summed E-state index contributed by atoms with van der Waals surface area (Å²) < 4.78 is 38.8. The van der Waals surface area contributed by atoms with E-state index in [1.54, 1.807) is 56.7 Å². The van der Waals surface area contributed by atoms with Gasteiger partial charge in [0.15, 0.2) is 0 Å². The quantitative estimate of drug-likeness (QED) is 0.489. The predicted octanol–water partition coefficient (Wildman–Crippen LogP) is 3.61. The normalized spacial score (nSPS) is 13.8. The number of ether oxygens (including phenoxy) is 2. The lowest BCUT2D eigenvalue weighted by Gasteiger charge is -2.16. The summed E-state index contributed by atoms with van der Waals surface area (Å²) in [5.74, 6) is 2.20. The van der Waals surface area contributed by atoms with E-state index < -0.39 is 10.0 Å². The Hall–Kier alpha value is -3.24. The van der Waals surface area contributed by atoms with Crippen molar-refractivity contribution < 1.29 is 17.9 Å². The summed E-state index contributed by atoms with van der Waals surface area (Å²) in [7, 11) is 5.68. The smallest absolute Gasteiger partial charge is 0.242 e. The first kappa shape index (κ1) is 24.4. The van der Waals surface area contributed by atoms with Crippen LogP contribution in [0.25, 0.3) is 0 Å². The molecule has 1 aliphatic heterocycles. The van der Waals surface area contributed by atoms with Gasteiger partial charge in [-0.3, -0.25) is 0 Å². The minimum atomic E-state index is -3.70. The molecule has 0 saturated heterocycles. The Morgan fingerprint density at radius 2 is 1.85 bits per heavy atom. The number of nitrogens with one attached hydrogen (secondary N) is 3. The van der Waals surface area contributed by atoms with E-state index in [1.807, 2.05) is 13.0 Å². The second-order valence-corrected chi connectivity index (χ2v) is 8.91. The van der Waals surface area contributed by atoms with Crippen molar-refractivity contribution in [1.29, 1.82) is 0 Å². The molecule has 0 amide bonds. The Morgan fingerprint density at radius 3 is 2.58 bits per heavy atom. The van der Waals surface area contributed by atoms with Crippen LogP contribution in [0.5, 0.6) is 11.5 Å². The van der Waals surface area contributed by atoms with Gasteiger partial charge in [-0.05, 0) is 30.7 Å². The van der Waals surface area contributed by atoms with E-state index in [1.165, 1.54) is 6.07 Å². The summed E-state index contributed by atoms with van der Waals surface area (Å²) >= 11 is 0. The van der Waals surface area contributed by atoms with Gasteiger partial charge in [-0.1, -0.05) is 36.7 Å². The zero-order valence-electron chi connectivity index (χ0n) is 18.9. The average Bonchev–Trinajstić information content (AvgIpc) is 2.98. The van der Waals surface area contributed by atoms with Gasteiger partial charge < -0.3 is 20.1 Å². The summed E-state index contributed by atoms with van der Waals surface area (Å²) in [4.78, 5) is 4.76. The summed E-state index contributed by atoms with van der Waals surface area (Å²) in [6.07, 6.45) is 4.76. The number of rotatable bonds is 9. The second kappa shape index (κ2) is 11.1. The molecule has 10 heteroatoms. The van der Waals surface area contributed by atoms with E-state index in [9.17, 15) is 8.42 Å². The van der Waals surface area contributed by atoms with Crippen LogP contribution < -0.4 is 24.8 Å². The summed E-state index contributed by atoms with van der Waals surface area (Å²) in [5.41, 5.74) is 1.42. The highest BCUT2D eigenvalue weighted by molar-refractivity contribution is 7.89. The zero-order valence-corrected chi connectivity index (χ0v) is 19.7. The summed E-state index contributed by atoms with van der Waals surface area (Å²) in [5, 5.41) is 6.35. The monoisotopic (exact) mass is 466 g/mol. The molecule has 1 aliphatic rings. The van der Waals surface area contributed by atoms with E-state index >= 15 is 0 Å². The van der Waals surface area contributed by atoms with Gasteiger partial charge in [-0.25, -0.2) is 18.1 Å². The molecule has 2 aromatic rings. The highest BCUT2D eigenvalue weighted by Crippen LogP contribution is 2.30. The fraction of sp³-hybridized carbons (Fsp3) is 0.261. The molecule has 2 radical (unpaired) electrons. The molecule has 33 heavy (non-hydrogen) atoms.